The van der Waals surface area contributed by atoms with E-state index in [4.69, 9.17) is 4.74 Å². The van der Waals surface area contributed by atoms with E-state index >= 15 is 0 Å². The number of benzene rings is 1. The SMILES string of the molecule is CCC1CN(Cc2ccc(OC)cc2O)CCC1CC(=O)NC1CC1. The number of carbonyl (C=O) groups is 1. The summed E-state index contributed by atoms with van der Waals surface area (Å²) in [6.45, 7) is 4.92. The van der Waals surface area contributed by atoms with E-state index < -0.39 is 0 Å². The average molecular weight is 346 g/mol. The fourth-order valence-corrected chi connectivity index (χ4v) is 3.83. The average Bonchev–Trinajstić information content (AvgIpc) is 3.41. The molecule has 0 spiro atoms. The molecule has 3 rings (SSSR count). The smallest absolute Gasteiger partial charge is 0.220 e. The molecule has 1 saturated heterocycles. The van der Waals surface area contributed by atoms with Crippen LogP contribution in [0.1, 0.15) is 44.6 Å². The fourth-order valence-electron chi connectivity index (χ4n) is 3.83. The summed E-state index contributed by atoms with van der Waals surface area (Å²) in [5, 5.41) is 13.3. The van der Waals surface area contributed by atoms with Crippen LogP contribution in [0.2, 0.25) is 0 Å². The maximum Gasteiger partial charge on any atom is 0.220 e. The van der Waals surface area contributed by atoms with Crippen molar-refractivity contribution < 1.29 is 14.6 Å². The lowest BCUT2D eigenvalue weighted by Crippen LogP contribution is -2.41. The molecular weight excluding hydrogens is 316 g/mol. The number of hydrogen-bond acceptors (Lipinski definition) is 4. The van der Waals surface area contributed by atoms with Gasteiger partial charge in [0.05, 0.1) is 7.11 Å². The number of amides is 1. The Kier molecular flexibility index (Phi) is 5.84. The molecule has 1 aromatic carbocycles. The molecule has 5 nitrogen and oxygen atoms in total. The van der Waals surface area contributed by atoms with E-state index in [0.29, 0.717) is 35.8 Å². The number of rotatable bonds is 7. The van der Waals surface area contributed by atoms with E-state index in [0.717, 1.165) is 50.9 Å². The normalized spacial score (nSPS) is 24.1. The minimum Gasteiger partial charge on any atom is -0.507 e. The van der Waals surface area contributed by atoms with E-state index in [2.05, 4.69) is 17.1 Å². The molecule has 0 aromatic heterocycles. The van der Waals surface area contributed by atoms with Crippen molar-refractivity contribution in [2.75, 3.05) is 20.2 Å². The van der Waals surface area contributed by atoms with Gasteiger partial charge in [-0.2, -0.15) is 0 Å². The summed E-state index contributed by atoms with van der Waals surface area (Å²) >= 11 is 0. The van der Waals surface area contributed by atoms with Crippen LogP contribution in [0.15, 0.2) is 18.2 Å². The van der Waals surface area contributed by atoms with Crippen LogP contribution < -0.4 is 10.1 Å². The van der Waals surface area contributed by atoms with E-state index in [1.54, 1.807) is 13.2 Å². The van der Waals surface area contributed by atoms with Gasteiger partial charge in [0.2, 0.25) is 5.91 Å². The molecule has 0 bridgehead atoms. The monoisotopic (exact) mass is 346 g/mol. The van der Waals surface area contributed by atoms with Crippen LogP contribution in [0.3, 0.4) is 0 Å². The molecule has 25 heavy (non-hydrogen) atoms. The van der Waals surface area contributed by atoms with Gasteiger partial charge >= 0.3 is 0 Å². The summed E-state index contributed by atoms with van der Waals surface area (Å²) < 4.78 is 5.15. The molecule has 1 amide bonds. The largest absolute Gasteiger partial charge is 0.507 e. The number of nitrogens with one attached hydrogen (secondary N) is 1. The third-order valence-electron chi connectivity index (χ3n) is 5.58. The number of carbonyl (C=O) groups excluding carboxylic acids is 1. The number of nitrogens with zero attached hydrogens (tertiary/aromatic N) is 1. The first-order valence-electron chi connectivity index (χ1n) is 9.46. The van der Waals surface area contributed by atoms with Crippen LogP contribution in [-0.2, 0) is 11.3 Å². The summed E-state index contributed by atoms with van der Waals surface area (Å²) in [4.78, 5) is 14.5. The second-order valence-electron chi connectivity index (χ2n) is 7.49. The molecule has 1 aromatic rings. The molecule has 2 fully saturated rings. The first kappa shape index (κ1) is 18.1. The number of phenolic OH excluding ortho intramolecular Hbond substituents is 1. The van der Waals surface area contributed by atoms with Gasteiger partial charge in [0.25, 0.3) is 0 Å². The highest BCUT2D eigenvalue weighted by Gasteiger charge is 2.31. The Morgan fingerprint density at radius 2 is 2.12 bits per heavy atom. The summed E-state index contributed by atoms with van der Waals surface area (Å²) in [5.41, 5.74) is 0.931. The number of piperidine rings is 1. The quantitative estimate of drug-likeness (QED) is 0.797. The standard InChI is InChI=1S/C20H30N2O3/c1-3-14-12-22(13-16-4-7-18(25-2)11-19(16)23)9-8-15(14)10-20(24)21-17-5-6-17/h4,7,11,14-15,17,23H,3,5-6,8-10,12-13H2,1-2H3,(H,21,24). The van der Waals surface area contributed by atoms with Crippen LogP contribution >= 0.6 is 0 Å². The number of aromatic hydroxyl groups is 1. The predicted molar refractivity (Wildman–Crippen MR) is 97.6 cm³/mol. The van der Waals surface area contributed by atoms with Crippen molar-refractivity contribution >= 4 is 5.91 Å². The highest BCUT2D eigenvalue weighted by atomic mass is 16.5. The number of ether oxygens (including phenoxy) is 1. The minimum atomic E-state index is 0.229. The van der Waals surface area contributed by atoms with Crippen molar-refractivity contribution in [3.8, 4) is 11.5 Å². The maximum absolute atomic E-state index is 12.1. The first-order valence-corrected chi connectivity index (χ1v) is 9.46. The lowest BCUT2D eigenvalue weighted by molar-refractivity contribution is -0.123. The molecule has 5 heteroatoms. The third kappa shape index (κ3) is 4.88. The topological polar surface area (TPSA) is 61.8 Å². The molecule has 1 heterocycles. The van der Waals surface area contributed by atoms with Crippen LogP contribution in [0.4, 0.5) is 0 Å². The summed E-state index contributed by atoms with van der Waals surface area (Å²) in [5.74, 6) is 2.21. The first-order chi connectivity index (χ1) is 12.1. The van der Waals surface area contributed by atoms with E-state index in [9.17, 15) is 9.90 Å². The van der Waals surface area contributed by atoms with Gasteiger partial charge in [0, 0.05) is 37.2 Å². The van der Waals surface area contributed by atoms with E-state index in [-0.39, 0.29) is 5.91 Å². The second-order valence-corrected chi connectivity index (χ2v) is 7.49. The highest BCUT2D eigenvalue weighted by Crippen LogP contribution is 2.32. The fraction of sp³-hybridized carbons (Fsp3) is 0.650. The van der Waals surface area contributed by atoms with Gasteiger partial charge in [-0.3, -0.25) is 9.69 Å². The zero-order valence-corrected chi connectivity index (χ0v) is 15.3. The van der Waals surface area contributed by atoms with Gasteiger partial charge in [0.15, 0.2) is 0 Å². The predicted octanol–water partition coefficient (Wildman–Crippen LogP) is 2.92. The molecule has 2 aliphatic rings. The van der Waals surface area contributed by atoms with Crippen LogP contribution in [0.5, 0.6) is 11.5 Å². The Morgan fingerprint density at radius 3 is 2.76 bits per heavy atom. The number of likely N-dealkylation sites (tertiary alicyclic amines) is 1. The molecule has 1 aliphatic carbocycles. The van der Waals surface area contributed by atoms with Gasteiger partial charge in [-0.15, -0.1) is 0 Å². The Hall–Kier alpha value is -1.75. The number of methoxy groups -OCH3 is 1. The summed E-state index contributed by atoms with van der Waals surface area (Å²) in [7, 11) is 1.60. The van der Waals surface area contributed by atoms with Gasteiger partial charge in [-0.25, -0.2) is 0 Å². The van der Waals surface area contributed by atoms with Crippen LogP contribution in [-0.4, -0.2) is 42.2 Å². The number of hydrogen-bond donors (Lipinski definition) is 2. The Balaban J connectivity index is 1.54. The van der Waals surface area contributed by atoms with Crippen LogP contribution in [0, 0.1) is 11.8 Å². The van der Waals surface area contributed by atoms with Gasteiger partial charge in [-0.1, -0.05) is 19.4 Å². The zero-order valence-electron chi connectivity index (χ0n) is 15.3. The summed E-state index contributed by atoms with van der Waals surface area (Å²) in [6.07, 6.45) is 5.09. The second kappa shape index (κ2) is 8.09. The maximum atomic E-state index is 12.1. The lowest BCUT2D eigenvalue weighted by Gasteiger charge is -2.38. The van der Waals surface area contributed by atoms with Crippen molar-refractivity contribution in [1.82, 2.24) is 10.2 Å². The van der Waals surface area contributed by atoms with Crippen molar-refractivity contribution in [3.63, 3.8) is 0 Å². The molecule has 2 unspecified atom stereocenters. The Morgan fingerprint density at radius 1 is 1.32 bits per heavy atom. The van der Waals surface area contributed by atoms with Crippen molar-refractivity contribution in [1.29, 1.82) is 0 Å². The molecule has 138 valence electrons. The van der Waals surface area contributed by atoms with E-state index in [1.807, 2.05) is 12.1 Å². The van der Waals surface area contributed by atoms with Gasteiger partial charge in [0.1, 0.15) is 11.5 Å². The molecule has 1 aliphatic heterocycles. The third-order valence-corrected chi connectivity index (χ3v) is 5.58. The summed E-state index contributed by atoms with van der Waals surface area (Å²) in [6, 6.07) is 5.94. The molecule has 2 N–H and O–H groups in total. The van der Waals surface area contributed by atoms with E-state index in [1.165, 1.54) is 0 Å². The van der Waals surface area contributed by atoms with Crippen molar-refractivity contribution in [2.24, 2.45) is 11.8 Å². The zero-order chi connectivity index (χ0) is 17.8. The lowest BCUT2D eigenvalue weighted by atomic mass is 9.81. The minimum absolute atomic E-state index is 0.229. The Bertz CT molecular complexity index is 601. The van der Waals surface area contributed by atoms with Gasteiger partial charge < -0.3 is 15.2 Å². The van der Waals surface area contributed by atoms with Crippen LogP contribution in [0.25, 0.3) is 0 Å². The molecule has 2 atom stereocenters. The molecular formula is C20H30N2O3. The van der Waals surface area contributed by atoms with Crippen molar-refractivity contribution in [3.05, 3.63) is 23.8 Å². The number of phenols is 1. The molecule has 0 radical (unpaired) electrons. The van der Waals surface area contributed by atoms with Crippen molar-refractivity contribution in [2.45, 2.75) is 51.6 Å². The Labute approximate surface area is 150 Å². The molecule has 1 saturated carbocycles. The van der Waals surface area contributed by atoms with Gasteiger partial charge in [-0.05, 0) is 43.7 Å². The highest BCUT2D eigenvalue weighted by molar-refractivity contribution is 5.76.